The van der Waals surface area contributed by atoms with Gasteiger partial charge >= 0.3 is 0 Å². The van der Waals surface area contributed by atoms with Crippen LogP contribution in [-0.4, -0.2) is 70.8 Å². The summed E-state index contributed by atoms with van der Waals surface area (Å²) in [6.07, 6.45) is 5.09. The number of hydrogen-bond acceptors (Lipinski definition) is 11. The molecule has 4 aromatic rings. The second-order valence-corrected chi connectivity index (χ2v) is 12.0. The molecule has 218 valence electrons. The molecule has 0 spiro atoms. The molecule has 0 saturated carbocycles. The summed E-state index contributed by atoms with van der Waals surface area (Å²) in [5.41, 5.74) is 2.39. The van der Waals surface area contributed by atoms with Gasteiger partial charge in [0.15, 0.2) is 21.5 Å². The van der Waals surface area contributed by atoms with Gasteiger partial charge in [-0.25, -0.2) is 13.4 Å². The maximum Gasteiger partial charge on any atom is 0.231 e. The number of aromatic nitrogens is 6. The molecular weight excluding hydrogens is 548 g/mol. The van der Waals surface area contributed by atoms with Gasteiger partial charge < -0.3 is 18.9 Å². The lowest BCUT2D eigenvalue weighted by Crippen LogP contribution is -2.31. The third-order valence-corrected chi connectivity index (χ3v) is 8.42. The molecule has 0 aliphatic heterocycles. The lowest BCUT2D eigenvalue weighted by Gasteiger charge is -2.26. The molecule has 12 nitrogen and oxygen atoms in total. The first-order chi connectivity index (χ1) is 19.6. The van der Waals surface area contributed by atoms with Gasteiger partial charge in [-0.15, -0.1) is 10.2 Å². The number of aryl methyl sites for hydroxylation is 1. The fourth-order valence-electron chi connectivity index (χ4n) is 4.35. The van der Waals surface area contributed by atoms with Gasteiger partial charge in [-0.1, -0.05) is 6.07 Å². The van der Waals surface area contributed by atoms with Crippen LogP contribution in [0.3, 0.4) is 0 Å². The Hall–Kier alpha value is -4.10. The van der Waals surface area contributed by atoms with E-state index < -0.39 is 26.9 Å². The van der Waals surface area contributed by atoms with Gasteiger partial charge in [0.25, 0.3) is 0 Å². The van der Waals surface area contributed by atoms with Crippen LogP contribution in [0.1, 0.15) is 44.0 Å². The van der Waals surface area contributed by atoms with E-state index in [-0.39, 0.29) is 11.9 Å². The maximum atomic E-state index is 14.0. The fraction of sp³-hybridized carbons (Fsp3) is 0.393. The largest absolute Gasteiger partial charge is 0.494 e. The molecule has 41 heavy (non-hydrogen) atoms. The molecule has 0 saturated heterocycles. The van der Waals surface area contributed by atoms with Crippen molar-refractivity contribution in [3.8, 4) is 34.5 Å². The summed E-state index contributed by atoms with van der Waals surface area (Å²) in [6.45, 7) is 7.15. The average Bonchev–Trinajstić information content (AvgIpc) is 3.37. The first kappa shape index (κ1) is 29.9. The summed E-state index contributed by atoms with van der Waals surface area (Å²) in [6, 6.07) is 7.19. The zero-order chi connectivity index (χ0) is 29.7. The number of ether oxygens (including phenoxy) is 4. The molecule has 4 rings (SSSR count). The van der Waals surface area contributed by atoms with E-state index in [2.05, 4.69) is 25.1 Å². The van der Waals surface area contributed by atoms with Crippen molar-refractivity contribution in [2.24, 2.45) is 0 Å². The quantitative estimate of drug-likeness (QED) is 0.240. The van der Waals surface area contributed by atoms with E-state index in [0.717, 1.165) is 5.56 Å². The van der Waals surface area contributed by atoms with Crippen LogP contribution in [0.5, 0.6) is 17.4 Å². The van der Waals surface area contributed by atoms with Crippen molar-refractivity contribution in [3.05, 3.63) is 66.1 Å². The summed E-state index contributed by atoms with van der Waals surface area (Å²) in [5.74, 6) is 1.31. The van der Waals surface area contributed by atoms with Crippen LogP contribution in [0, 0.1) is 6.92 Å². The molecule has 0 aliphatic carbocycles. The molecule has 2 atom stereocenters. The Morgan fingerprint density at radius 1 is 0.902 bits per heavy atom. The Balaban J connectivity index is 1.83. The number of para-hydroxylation sites is 1. The van der Waals surface area contributed by atoms with Gasteiger partial charge in [0.05, 0.1) is 50.8 Å². The predicted molar refractivity (Wildman–Crippen MR) is 152 cm³/mol. The van der Waals surface area contributed by atoms with Gasteiger partial charge in [0.2, 0.25) is 5.88 Å². The maximum absolute atomic E-state index is 14.0. The molecule has 0 N–H and O–H groups in total. The molecule has 0 aliphatic rings. The summed E-state index contributed by atoms with van der Waals surface area (Å²) in [5, 5.41) is 7.73. The van der Waals surface area contributed by atoms with Crippen LogP contribution < -0.4 is 14.2 Å². The molecule has 0 unspecified atom stereocenters. The molecule has 0 radical (unpaired) electrons. The third-order valence-electron chi connectivity index (χ3n) is 6.38. The molecule has 0 fully saturated rings. The number of rotatable bonds is 12. The van der Waals surface area contributed by atoms with Gasteiger partial charge in [0.1, 0.15) is 29.0 Å². The van der Waals surface area contributed by atoms with Gasteiger partial charge in [-0.3, -0.25) is 14.5 Å². The molecule has 3 heterocycles. The molecule has 0 bridgehead atoms. The van der Waals surface area contributed by atoms with E-state index in [1.54, 1.807) is 42.1 Å². The minimum atomic E-state index is -3.91. The second-order valence-electron chi connectivity index (χ2n) is 9.64. The van der Waals surface area contributed by atoms with Crippen molar-refractivity contribution in [1.29, 1.82) is 0 Å². The van der Waals surface area contributed by atoms with E-state index in [9.17, 15) is 8.42 Å². The molecule has 13 heteroatoms. The topological polar surface area (TPSA) is 140 Å². The van der Waals surface area contributed by atoms with Crippen LogP contribution in [0.25, 0.3) is 17.1 Å². The van der Waals surface area contributed by atoms with Gasteiger partial charge in [-0.2, -0.15) is 0 Å². The smallest absolute Gasteiger partial charge is 0.231 e. The first-order valence-electron chi connectivity index (χ1n) is 12.9. The highest BCUT2D eigenvalue weighted by molar-refractivity contribution is 7.91. The predicted octanol–water partition coefficient (Wildman–Crippen LogP) is 3.92. The average molecular weight is 583 g/mol. The lowest BCUT2D eigenvalue weighted by atomic mass is 10.2. The number of methoxy groups -OCH3 is 3. The molecular formula is C28H34N6O6S. The Labute approximate surface area is 239 Å². The Kier molecular flexibility index (Phi) is 9.18. The zero-order valence-electron chi connectivity index (χ0n) is 24.1. The second kappa shape index (κ2) is 12.6. The highest BCUT2D eigenvalue weighted by Crippen LogP contribution is 2.37. The lowest BCUT2D eigenvalue weighted by molar-refractivity contribution is 0.00378. The van der Waals surface area contributed by atoms with Crippen LogP contribution in [0.4, 0.5) is 0 Å². The van der Waals surface area contributed by atoms with Crippen molar-refractivity contribution in [2.45, 2.75) is 50.9 Å². The summed E-state index contributed by atoms with van der Waals surface area (Å²) < 4.78 is 52.1. The number of pyridine rings is 1. The van der Waals surface area contributed by atoms with Crippen molar-refractivity contribution < 1.29 is 27.4 Å². The van der Waals surface area contributed by atoms with Crippen LogP contribution >= 0.6 is 0 Å². The van der Waals surface area contributed by atoms with E-state index in [0.29, 0.717) is 40.1 Å². The Bertz CT molecular complexity index is 1570. The SMILES string of the molecule is COc1cnc([C@@H](OC(C)C)[C@@H](C)S(=O)(=O)Cc2nnc(-c3cncc(C)c3)n2-c2c(OC)cccc2OC)cn1. The van der Waals surface area contributed by atoms with Crippen LogP contribution in [0.2, 0.25) is 0 Å². The van der Waals surface area contributed by atoms with Gasteiger partial charge in [-0.05, 0) is 51.5 Å². The number of nitrogens with zero attached hydrogens (tertiary/aromatic N) is 6. The van der Waals surface area contributed by atoms with Crippen LogP contribution in [-0.2, 0) is 20.3 Å². The van der Waals surface area contributed by atoms with E-state index in [1.165, 1.54) is 33.7 Å². The van der Waals surface area contributed by atoms with Crippen LogP contribution in [0.15, 0.2) is 49.1 Å². The molecule has 0 amide bonds. The Morgan fingerprint density at radius 3 is 2.17 bits per heavy atom. The monoisotopic (exact) mass is 582 g/mol. The standard InChI is InChI=1S/C28H34N6O6S/c1-17(2)40-27(21-14-31-25(39-7)15-30-21)19(4)41(35,36)16-24-32-33-28(20-11-18(3)12-29-13-20)34(24)26-22(37-5)9-8-10-23(26)38-6/h8-15,17,19,27H,16H2,1-7H3/t19-,27+/m1/s1. The van der Waals surface area contributed by atoms with Crippen molar-refractivity contribution in [2.75, 3.05) is 21.3 Å². The zero-order valence-corrected chi connectivity index (χ0v) is 24.9. The minimum absolute atomic E-state index is 0.167. The first-order valence-corrected chi connectivity index (χ1v) is 14.6. The molecule has 3 aromatic heterocycles. The van der Waals surface area contributed by atoms with Crippen molar-refractivity contribution in [1.82, 2.24) is 29.7 Å². The summed E-state index contributed by atoms with van der Waals surface area (Å²) in [7, 11) is 0.619. The van der Waals surface area contributed by atoms with E-state index in [4.69, 9.17) is 18.9 Å². The van der Waals surface area contributed by atoms with E-state index >= 15 is 0 Å². The van der Waals surface area contributed by atoms with E-state index in [1.807, 2.05) is 26.8 Å². The third kappa shape index (κ3) is 6.46. The number of sulfone groups is 1. The minimum Gasteiger partial charge on any atom is -0.494 e. The molecule has 1 aromatic carbocycles. The highest BCUT2D eigenvalue weighted by Gasteiger charge is 2.36. The normalized spacial score (nSPS) is 13.2. The van der Waals surface area contributed by atoms with Crippen molar-refractivity contribution >= 4 is 9.84 Å². The Morgan fingerprint density at radius 2 is 1.61 bits per heavy atom. The summed E-state index contributed by atoms with van der Waals surface area (Å²) in [4.78, 5) is 12.8. The van der Waals surface area contributed by atoms with Gasteiger partial charge in [0, 0.05) is 18.0 Å². The fourth-order valence-corrected chi connectivity index (χ4v) is 5.74. The van der Waals surface area contributed by atoms with Crippen molar-refractivity contribution in [3.63, 3.8) is 0 Å². The number of benzene rings is 1. The summed E-state index contributed by atoms with van der Waals surface area (Å²) >= 11 is 0. The highest BCUT2D eigenvalue weighted by atomic mass is 32.2. The number of hydrogen-bond donors (Lipinski definition) is 0.